The van der Waals surface area contributed by atoms with Crippen LogP contribution < -0.4 is 21.1 Å². The van der Waals surface area contributed by atoms with Crippen molar-refractivity contribution in [3.05, 3.63) is 52.5 Å². The maximum Gasteiger partial charge on any atom is 0.254 e. The second-order valence-electron chi connectivity index (χ2n) is 7.68. The minimum absolute atomic E-state index is 0. The van der Waals surface area contributed by atoms with Crippen molar-refractivity contribution in [3.8, 4) is 5.75 Å². The number of pyridine rings is 1. The number of fused-ring (bicyclic) bond motifs is 1. The molecule has 10 heteroatoms. The number of carbonyl (C=O) groups excluding carboxylic acids is 2. The summed E-state index contributed by atoms with van der Waals surface area (Å²) in [4.78, 5) is 29.2. The molecule has 2 amide bonds. The van der Waals surface area contributed by atoms with E-state index in [9.17, 15) is 9.59 Å². The molecule has 1 aliphatic heterocycles. The number of nitrogens with two attached hydrogens (primary N) is 1. The number of aromatic nitrogens is 1. The number of aliphatic hydroxyl groups is 1. The number of nitrogens with zero attached hydrogens (tertiary/aromatic N) is 1. The molecule has 1 aromatic carbocycles. The molecule has 0 radical (unpaired) electrons. The number of hydrogen-bond donors (Lipinski definition) is 4. The van der Waals surface area contributed by atoms with Gasteiger partial charge in [-0.1, -0.05) is 13.5 Å². The van der Waals surface area contributed by atoms with Crippen molar-refractivity contribution >= 4 is 39.1 Å². The van der Waals surface area contributed by atoms with Crippen LogP contribution >= 0.6 is 11.3 Å². The maximum absolute atomic E-state index is 12.6. The first-order valence-electron chi connectivity index (χ1n) is 10.7. The van der Waals surface area contributed by atoms with E-state index in [1.165, 1.54) is 17.5 Å². The molecule has 9 nitrogen and oxygen atoms in total. The van der Waals surface area contributed by atoms with Crippen LogP contribution in [0.15, 0.2) is 35.8 Å². The van der Waals surface area contributed by atoms with Crippen molar-refractivity contribution in [2.24, 2.45) is 0 Å². The number of benzene rings is 1. The minimum atomic E-state index is -0.320. The molecule has 0 spiro atoms. The fourth-order valence-corrected chi connectivity index (χ4v) is 4.73. The van der Waals surface area contributed by atoms with Gasteiger partial charge in [0.1, 0.15) is 18.2 Å². The molecule has 4 rings (SSSR count). The SMILES string of the molecule is C.Nc1ncc(C(=O)NCCO)c2scc(COc3cccc(C(=O)NC4CCOCC4)c3)c12. The smallest absolute Gasteiger partial charge is 0.254 e. The number of nitrogen functional groups attached to an aromatic ring is 1. The molecule has 1 saturated heterocycles. The van der Waals surface area contributed by atoms with E-state index in [0.717, 1.165) is 18.4 Å². The van der Waals surface area contributed by atoms with Gasteiger partial charge in [-0.15, -0.1) is 11.3 Å². The van der Waals surface area contributed by atoms with Gasteiger partial charge >= 0.3 is 0 Å². The van der Waals surface area contributed by atoms with E-state index in [4.69, 9.17) is 20.3 Å². The van der Waals surface area contributed by atoms with Crippen LogP contribution in [-0.4, -0.2) is 54.3 Å². The number of thiophene rings is 1. The largest absolute Gasteiger partial charge is 0.489 e. The van der Waals surface area contributed by atoms with Gasteiger partial charge in [-0.2, -0.15) is 0 Å². The zero-order valence-electron chi connectivity index (χ0n) is 18.0. The third kappa shape index (κ3) is 5.82. The molecule has 0 bridgehead atoms. The van der Waals surface area contributed by atoms with Crippen LogP contribution in [0.3, 0.4) is 0 Å². The normalized spacial score (nSPS) is 13.8. The third-order valence-corrected chi connectivity index (χ3v) is 6.45. The minimum Gasteiger partial charge on any atom is -0.489 e. The first kappa shape index (κ1) is 25.4. The Labute approximate surface area is 202 Å². The molecule has 5 N–H and O–H groups in total. The lowest BCUT2D eigenvalue weighted by molar-refractivity contribution is 0.0696. The molecule has 1 aliphatic rings. The fourth-order valence-electron chi connectivity index (χ4n) is 3.66. The summed E-state index contributed by atoms with van der Waals surface area (Å²) in [6, 6.07) is 7.14. The van der Waals surface area contributed by atoms with Crippen LogP contribution in [0.1, 0.15) is 46.5 Å². The van der Waals surface area contributed by atoms with Crippen LogP contribution in [0.5, 0.6) is 5.75 Å². The molecule has 0 atom stereocenters. The lowest BCUT2D eigenvalue weighted by Crippen LogP contribution is -2.38. The summed E-state index contributed by atoms with van der Waals surface area (Å²) in [5.74, 6) is 0.407. The van der Waals surface area contributed by atoms with E-state index in [1.807, 2.05) is 5.38 Å². The highest BCUT2D eigenvalue weighted by atomic mass is 32.1. The van der Waals surface area contributed by atoms with Gasteiger partial charge in [-0.25, -0.2) is 4.98 Å². The highest BCUT2D eigenvalue weighted by molar-refractivity contribution is 7.17. The van der Waals surface area contributed by atoms with Gasteiger partial charge in [0.05, 0.1) is 16.9 Å². The van der Waals surface area contributed by atoms with E-state index < -0.39 is 0 Å². The van der Waals surface area contributed by atoms with Crippen molar-refractivity contribution in [1.29, 1.82) is 0 Å². The van der Waals surface area contributed by atoms with Crippen molar-refractivity contribution < 1.29 is 24.2 Å². The number of ether oxygens (including phenoxy) is 2. The van der Waals surface area contributed by atoms with Gasteiger partial charge in [0, 0.05) is 48.5 Å². The molecular formula is C24H30N4O5S. The quantitative estimate of drug-likeness (QED) is 0.384. The third-order valence-electron chi connectivity index (χ3n) is 5.39. The molecule has 2 aromatic heterocycles. The van der Waals surface area contributed by atoms with E-state index >= 15 is 0 Å². The van der Waals surface area contributed by atoms with Gasteiger partial charge in [0.2, 0.25) is 0 Å². The number of carbonyl (C=O) groups is 2. The lowest BCUT2D eigenvalue weighted by atomic mass is 10.1. The van der Waals surface area contributed by atoms with Crippen molar-refractivity contribution in [3.63, 3.8) is 0 Å². The van der Waals surface area contributed by atoms with Gasteiger partial charge in [-0.3, -0.25) is 9.59 Å². The summed E-state index contributed by atoms with van der Waals surface area (Å²) in [5.41, 5.74) is 7.82. The molecule has 0 saturated carbocycles. The van der Waals surface area contributed by atoms with Crippen LogP contribution in [0.25, 0.3) is 10.1 Å². The van der Waals surface area contributed by atoms with E-state index in [1.54, 1.807) is 24.3 Å². The molecule has 0 aliphatic carbocycles. The standard InChI is InChI=1S/C23H26N4O5S.CH4/c24-21-19-15(13-33-20(19)18(11-26-21)23(30)25-6-7-28)12-32-17-3-1-2-14(10-17)22(29)27-16-4-8-31-9-5-16;/h1-3,10-11,13,16,28H,4-9,12H2,(H2,24,26)(H,25,30)(H,27,29);1H4. The first-order valence-corrected chi connectivity index (χ1v) is 11.6. The Bertz CT molecular complexity index is 1140. The Morgan fingerprint density at radius 1 is 1.26 bits per heavy atom. The van der Waals surface area contributed by atoms with Crippen LogP contribution in [0.4, 0.5) is 5.82 Å². The maximum atomic E-state index is 12.6. The summed E-state index contributed by atoms with van der Waals surface area (Å²) in [6.07, 6.45) is 3.05. The second kappa shape index (κ2) is 11.8. The van der Waals surface area contributed by atoms with Crippen molar-refractivity contribution in [2.45, 2.75) is 32.9 Å². The van der Waals surface area contributed by atoms with Crippen molar-refractivity contribution in [2.75, 3.05) is 32.1 Å². The molecule has 182 valence electrons. The average molecular weight is 487 g/mol. The summed E-state index contributed by atoms with van der Waals surface area (Å²) in [5, 5.41) is 17.2. The Morgan fingerprint density at radius 2 is 2.06 bits per heavy atom. The predicted molar refractivity (Wildman–Crippen MR) is 132 cm³/mol. The number of anilines is 1. The second-order valence-corrected chi connectivity index (χ2v) is 8.56. The van der Waals surface area contributed by atoms with Crippen LogP contribution in [0, 0.1) is 0 Å². The molecule has 34 heavy (non-hydrogen) atoms. The number of hydrogen-bond acceptors (Lipinski definition) is 8. The summed E-state index contributed by atoms with van der Waals surface area (Å²) < 4.78 is 12.0. The Kier molecular flexibility index (Phi) is 8.80. The molecule has 0 unspecified atom stereocenters. The molecule has 1 fully saturated rings. The topological polar surface area (TPSA) is 136 Å². The van der Waals surface area contributed by atoms with Crippen LogP contribution in [-0.2, 0) is 11.3 Å². The number of rotatable bonds is 8. The summed E-state index contributed by atoms with van der Waals surface area (Å²) in [6.45, 7) is 1.53. The molecular weight excluding hydrogens is 456 g/mol. The first-order chi connectivity index (χ1) is 16.1. The van der Waals surface area contributed by atoms with Crippen molar-refractivity contribution in [1.82, 2.24) is 15.6 Å². The Hall–Kier alpha value is -3.21. The van der Waals surface area contributed by atoms with Gasteiger partial charge in [0.25, 0.3) is 11.8 Å². The fraction of sp³-hybridized carbons (Fsp3) is 0.375. The van der Waals surface area contributed by atoms with E-state index in [0.29, 0.717) is 46.0 Å². The van der Waals surface area contributed by atoms with Gasteiger partial charge < -0.3 is 30.9 Å². The van der Waals surface area contributed by atoms with Crippen LogP contribution in [0.2, 0.25) is 0 Å². The summed E-state index contributed by atoms with van der Waals surface area (Å²) >= 11 is 1.38. The molecule has 3 aromatic rings. The highest BCUT2D eigenvalue weighted by Crippen LogP contribution is 2.33. The molecule has 3 heterocycles. The zero-order valence-corrected chi connectivity index (χ0v) is 18.8. The highest BCUT2D eigenvalue weighted by Gasteiger charge is 2.19. The number of amides is 2. The Balaban J connectivity index is 0.00000324. The zero-order chi connectivity index (χ0) is 23.2. The van der Waals surface area contributed by atoms with Gasteiger partial charge in [-0.05, 0) is 36.4 Å². The van der Waals surface area contributed by atoms with Gasteiger partial charge in [0.15, 0.2) is 0 Å². The number of aliphatic hydroxyl groups excluding tert-OH is 1. The summed E-state index contributed by atoms with van der Waals surface area (Å²) in [7, 11) is 0. The lowest BCUT2D eigenvalue weighted by Gasteiger charge is -2.23. The average Bonchev–Trinajstić information content (AvgIpc) is 3.27. The Morgan fingerprint density at radius 3 is 2.82 bits per heavy atom. The monoisotopic (exact) mass is 486 g/mol. The van der Waals surface area contributed by atoms with E-state index in [-0.39, 0.29) is 45.0 Å². The van der Waals surface area contributed by atoms with E-state index in [2.05, 4.69) is 15.6 Å². The predicted octanol–water partition coefficient (Wildman–Crippen LogP) is 2.72. The number of nitrogens with one attached hydrogen (secondary N) is 2.